The number of hydrogen-bond donors (Lipinski definition) is 3. The number of carbonyl (C=O) groups is 3. The predicted octanol–water partition coefficient (Wildman–Crippen LogP) is -1.60. The Kier molecular flexibility index (Phi) is 3.51. The number of piperazine rings is 1. The van der Waals surface area contributed by atoms with Crippen molar-refractivity contribution < 1.29 is 19.5 Å². The van der Waals surface area contributed by atoms with Crippen molar-refractivity contribution in [1.82, 2.24) is 15.5 Å². The van der Waals surface area contributed by atoms with Crippen LogP contribution in [0.5, 0.6) is 0 Å². The molecule has 2 amide bonds. The van der Waals surface area contributed by atoms with Gasteiger partial charge < -0.3 is 15.3 Å². The average molecular weight is 255 g/mol. The van der Waals surface area contributed by atoms with Crippen molar-refractivity contribution >= 4 is 17.8 Å². The van der Waals surface area contributed by atoms with Crippen molar-refractivity contribution in [2.24, 2.45) is 5.92 Å². The van der Waals surface area contributed by atoms with E-state index in [0.717, 1.165) is 0 Å². The van der Waals surface area contributed by atoms with Gasteiger partial charge in [0.25, 0.3) is 0 Å². The Morgan fingerprint density at radius 3 is 2.67 bits per heavy atom. The minimum Gasteiger partial charge on any atom is -0.481 e. The van der Waals surface area contributed by atoms with Crippen molar-refractivity contribution in [2.75, 3.05) is 19.6 Å². The monoisotopic (exact) mass is 255 g/mol. The van der Waals surface area contributed by atoms with E-state index < -0.39 is 17.9 Å². The highest BCUT2D eigenvalue weighted by molar-refractivity contribution is 5.87. The zero-order valence-corrected chi connectivity index (χ0v) is 10.2. The second kappa shape index (κ2) is 4.93. The fraction of sp³-hybridized carbons (Fsp3) is 0.727. The van der Waals surface area contributed by atoms with Gasteiger partial charge in [-0.25, -0.2) is 0 Å². The molecular weight excluding hydrogens is 238 g/mol. The summed E-state index contributed by atoms with van der Waals surface area (Å²) in [5, 5.41) is 14.5. The molecule has 2 aliphatic heterocycles. The Hall–Kier alpha value is -1.63. The molecule has 2 saturated heterocycles. The van der Waals surface area contributed by atoms with Gasteiger partial charge in [0.15, 0.2) is 0 Å². The van der Waals surface area contributed by atoms with Gasteiger partial charge in [-0.1, -0.05) is 0 Å². The summed E-state index contributed by atoms with van der Waals surface area (Å²) in [6.45, 7) is 2.60. The maximum atomic E-state index is 12.2. The third-order valence-corrected chi connectivity index (χ3v) is 3.67. The quantitative estimate of drug-likeness (QED) is 0.552. The first-order valence-electron chi connectivity index (χ1n) is 6.04. The number of nitrogens with one attached hydrogen (secondary N) is 2. The number of rotatable bonds is 2. The molecule has 0 aliphatic carbocycles. The minimum absolute atomic E-state index is 0.126. The fourth-order valence-electron chi connectivity index (χ4n) is 2.52. The molecule has 0 aromatic heterocycles. The van der Waals surface area contributed by atoms with Crippen molar-refractivity contribution in [2.45, 2.75) is 25.4 Å². The third kappa shape index (κ3) is 2.31. The van der Waals surface area contributed by atoms with Crippen LogP contribution in [0, 0.1) is 5.92 Å². The van der Waals surface area contributed by atoms with E-state index in [1.165, 1.54) is 0 Å². The molecule has 0 aromatic rings. The summed E-state index contributed by atoms with van der Waals surface area (Å²) >= 11 is 0. The number of carboxylic acids is 1. The molecule has 2 heterocycles. The molecule has 0 saturated carbocycles. The van der Waals surface area contributed by atoms with Crippen LogP contribution in [0.1, 0.15) is 13.3 Å². The lowest BCUT2D eigenvalue weighted by Gasteiger charge is -2.30. The SMILES string of the molecule is CC1C(C(=O)O)CCN1C(=O)C1CNC(=O)CN1. The smallest absolute Gasteiger partial charge is 0.308 e. The number of amides is 2. The van der Waals surface area contributed by atoms with Crippen molar-refractivity contribution in [1.29, 1.82) is 0 Å². The predicted molar refractivity (Wildman–Crippen MR) is 61.7 cm³/mol. The fourth-order valence-corrected chi connectivity index (χ4v) is 2.52. The van der Waals surface area contributed by atoms with E-state index in [9.17, 15) is 14.4 Å². The summed E-state index contributed by atoms with van der Waals surface area (Å²) < 4.78 is 0. The average Bonchev–Trinajstić information content (AvgIpc) is 2.71. The Labute approximate surface area is 105 Å². The summed E-state index contributed by atoms with van der Waals surface area (Å²) in [7, 11) is 0. The summed E-state index contributed by atoms with van der Waals surface area (Å²) in [6, 6.07) is -0.743. The van der Waals surface area contributed by atoms with Gasteiger partial charge in [0, 0.05) is 19.1 Å². The van der Waals surface area contributed by atoms with Crippen LogP contribution in [0.3, 0.4) is 0 Å². The molecule has 0 spiro atoms. The molecule has 2 rings (SSSR count). The molecule has 18 heavy (non-hydrogen) atoms. The lowest BCUT2D eigenvalue weighted by atomic mass is 10.0. The van der Waals surface area contributed by atoms with E-state index in [4.69, 9.17) is 5.11 Å². The van der Waals surface area contributed by atoms with Gasteiger partial charge >= 0.3 is 5.97 Å². The van der Waals surface area contributed by atoms with Crippen LogP contribution in [0.4, 0.5) is 0 Å². The van der Waals surface area contributed by atoms with Gasteiger partial charge in [0.05, 0.1) is 12.5 Å². The number of aliphatic carboxylic acids is 1. The molecule has 0 bridgehead atoms. The van der Waals surface area contributed by atoms with Gasteiger partial charge in [-0.15, -0.1) is 0 Å². The normalized spacial score (nSPS) is 32.2. The lowest BCUT2D eigenvalue weighted by molar-refractivity contribution is -0.143. The van der Waals surface area contributed by atoms with Gasteiger partial charge in [-0.05, 0) is 13.3 Å². The number of likely N-dealkylation sites (tertiary alicyclic amines) is 1. The van der Waals surface area contributed by atoms with E-state index >= 15 is 0 Å². The Bertz CT molecular complexity index is 374. The van der Waals surface area contributed by atoms with E-state index in [1.807, 2.05) is 0 Å². The van der Waals surface area contributed by atoms with E-state index in [1.54, 1.807) is 11.8 Å². The molecule has 0 aromatic carbocycles. The van der Waals surface area contributed by atoms with Crippen molar-refractivity contribution in [3.63, 3.8) is 0 Å². The first kappa shape index (κ1) is 12.8. The number of carbonyl (C=O) groups excluding carboxylic acids is 2. The van der Waals surface area contributed by atoms with Crippen molar-refractivity contribution in [3.05, 3.63) is 0 Å². The van der Waals surface area contributed by atoms with Gasteiger partial charge in [0.1, 0.15) is 6.04 Å². The van der Waals surface area contributed by atoms with Crippen LogP contribution in [0.2, 0.25) is 0 Å². The molecule has 2 fully saturated rings. The Balaban J connectivity index is 1.98. The summed E-state index contributed by atoms with van der Waals surface area (Å²) in [4.78, 5) is 35.8. The summed E-state index contributed by atoms with van der Waals surface area (Å²) in [5.41, 5.74) is 0. The van der Waals surface area contributed by atoms with Gasteiger partial charge in [-0.2, -0.15) is 0 Å². The van der Waals surface area contributed by atoms with E-state index in [-0.39, 0.29) is 30.9 Å². The number of hydrogen-bond acceptors (Lipinski definition) is 4. The van der Waals surface area contributed by atoms with Crippen LogP contribution in [-0.4, -0.2) is 59.5 Å². The molecule has 3 N–H and O–H groups in total. The van der Waals surface area contributed by atoms with Gasteiger partial charge in [-0.3, -0.25) is 19.7 Å². The maximum Gasteiger partial charge on any atom is 0.308 e. The molecule has 2 aliphatic rings. The van der Waals surface area contributed by atoms with Crippen molar-refractivity contribution in [3.8, 4) is 0 Å². The molecular formula is C11H17N3O4. The zero-order chi connectivity index (χ0) is 13.3. The molecule has 100 valence electrons. The second-order valence-electron chi connectivity index (χ2n) is 4.74. The van der Waals surface area contributed by atoms with E-state index in [2.05, 4.69) is 10.6 Å². The first-order chi connectivity index (χ1) is 8.50. The summed E-state index contributed by atoms with van der Waals surface area (Å²) in [6.07, 6.45) is 0.487. The minimum atomic E-state index is -0.859. The van der Waals surface area contributed by atoms with Crippen LogP contribution >= 0.6 is 0 Å². The van der Waals surface area contributed by atoms with Crippen LogP contribution in [0.15, 0.2) is 0 Å². The second-order valence-corrected chi connectivity index (χ2v) is 4.74. The molecule has 3 atom stereocenters. The van der Waals surface area contributed by atoms with Gasteiger partial charge in [0.2, 0.25) is 11.8 Å². The molecule has 3 unspecified atom stereocenters. The molecule has 0 radical (unpaired) electrons. The highest BCUT2D eigenvalue weighted by Gasteiger charge is 2.40. The maximum absolute atomic E-state index is 12.2. The number of carboxylic acid groups (broad SMARTS) is 1. The largest absolute Gasteiger partial charge is 0.481 e. The molecule has 7 nitrogen and oxygen atoms in total. The standard InChI is InChI=1S/C11H17N3O4/c1-6-7(11(17)18)2-3-14(6)10(16)8-4-13-9(15)5-12-8/h6-8,12H,2-5H2,1H3,(H,13,15)(H,17,18). The number of nitrogens with zero attached hydrogens (tertiary/aromatic N) is 1. The zero-order valence-electron chi connectivity index (χ0n) is 10.2. The first-order valence-corrected chi connectivity index (χ1v) is 6.04. The highest BCUT2D eigenvalue weighted by Crippen LogP contribution is 2.24. The highest BCUT2D eigenvalue weighted by atomic mass is 16.4. The Morgan fingerprint density at radius 1 is 1.44 bits per heavy atom. The van der Waals surface area contributed by atoms with Crippen LogP contribution in [-0.2, 0) is 14.4 Å². The lowest BCUT2D eigenvalue weighted by Crippen LogP contribution is -2.59. The van der Waals surface area contributed by atoms with E-state index in [0.29, 0.717) is 13.0 Å². The van der Waals surface area contributed by atoms with Crippen LogP contribution in [0.25, 0.3) is 0 Å². The summed E-state index contributed by atoms with van der Waals surface area (Å²) in [5.74, 6) is -1.61. The molecule has 7 heteroatoms. The van der Waals surface area contributed by atoms with Crippen LogP contribution < -0.4 is 10.6 Å². The topological polar surface area (TPSA) is 98.7 Å². The Morgan fingerprint density at radius 2 is 2.17 bits per heavy atom. The third-order valence-electron chi connectivity index (χ3n) is 3.67.